The van der Waals surface area contributed by atoms with Gasteiger partial charge < -0.3 is 5.32 Å². The second kappa shape index (κ2) is 13.6. The lowest BCUT2D eigenvalue weighted by atomic mass is 10.1. The summed E-state index contributed by atoms with van der Waals surface area (Å²) in [5.74, 6) is -0.296. The minimum absolute atomic E-state index is 0.235. The first-order valence-electron chi connectivity index (χ1n) is 6.74. The van der Waals surface area contributed by atoms with Gasteiger partial charge in [0.05, 0.1) is 5.02 Å². The Balaban J connectivity index is 0. The normalized spacial score (nSPS) is 8.95. The van der Waals surface area contributed by atoms with Crippen LogP contribution in [0.2, 0.25) is 5.02 Å². The molecule has 1 aromatic rings. The van der Waals surface area contributed by atoms with Crippen LogP contribution in [0, 0.1) is 12.7 Å². The standard InChI is InChI=1S/C12H17ClFN.C2H6.C2H4/c1-9-7-10(5-3-4-6-15-2)8-11(13)12(9)14;2*1-2/h7-8,15H,3-6H2,1-2H3;1-2H3;1-2H2. The maximum Gasteiger partial charge on any atom is 0.144 e. The maximum atomic E-state index is 13.2. The fourth-order valence-electron chi connectivity index (χ4n) is 1.57. The Hall–Kier alpha value is -0.860. The van der Waals surface area contributed by atoms with Crippen LogP contribution in [0.1, 0.15) is 37.8 Å². The first-order valence-corrected chi connectivity index (χ1v) is 7.12. The smallest absolute Gasteiger partial charge is 0.144 e. The van der Waals surface area contributed by atoms with Gasteiger partial charge in [-0.15, -0.1) is 13.2 Å². The lowest BCUT2D eigenvalue weighted by Crippen LogP contribution is -2.07. The fraction of sp³-hybridized carbons (Fsp3) is 0.500. The van der Waals surface area contributed by atoms with Gasteiger partial charge in [-0.2, -0.15) is 0 Å². The molecular formula is C16H27ClFN. The summed E-state index contributed by atoms with van der Waals surface area (Å²) in [5, 5.41) is 3.33. The summed E-state index contributed by atoms with van der Waals surface area (Å²) in [7, 11) is 1.94. The van der Waals surface area contributed by atoms with E-state index in [4.69, 9.17) is 11.6 Å². The number of unbranched alkanes of at least 4 members (excludes halogenated alkanes) is 1. The first-order chi connectivity index (χ1) is 9.15. The monoisotopic (exact) mass is 287 g/mol. The average molecular weight is 288 g/mol. The summed E-state index contributed by atoms with van der Waals surface area (Å²) in [4.78, 5) is 0. The molecule has 110 valence electrons. The number of hydrogen-bond donors (Lipinski definition) is 1. The minimum atomic E-state index is -0.296. The molecule has 0 saturated heterocycles. The molecule has 0 unspecified atom stereocenters. The predicted molar refractivity (Wildman–Crippen MR) is 85.6 cm³/mol. The van der Waals surface area contributed by atoms with E-state index in [-0.39, 0.29) is 10.8 Å². The Morgan fingerprint density at radius 2 is 1.79 bits per heavy atom. The predicted octanol–water partition coefficient (Wildman–Crippen LogP) is 5.16. The highest BCUT2D eigenvalue weighted by atomic mass is 35.5. The summed E-state index contributed by atoms with van der Waals surface area (Å²) in [6, 6.07) is 3.60. The Kier molecular flexibility index (Phi) is 14.6. The van der Waals surface area contributed by atoms with Gasteiger partial charge in [0.15, 0.2) is 0 Å². The first kappa shape index (κ1) is 20.5. The molecule has 0 fully saturated rings. The van der Waals surface area contributed by atoms with E-state index in [1.165, 1.54) is 0 Å². The maximum absolute atomic E-state index is 13.2. The van der Waals surface area contributed by atoms with Crippen LogP contribution in [-0.2, 0) is 6.42 Å². The van der Waals surface area contributed by atoms with Gasteiger partial charge in [-0.25, -0.2) is 4.39 Å². The molecule has 0 spiro atoms. The highest BCUT2D eigenvalue weighted by molar-refractivity contribution is 6.30. The molecule has 0 aliphatic carbocycles. The van der Waals surface area contributed by atoms with E-state index in [1.54, 1.807) is 13.0 Å². The summed E-state index contributed by atoms with van der Waals surface area (Å²) < 4.78 is 13.2. The van der Waals surface area contributed by atoms with E-state index in [0.717, 1.165) is 31.4 Å². The summed E-state index contributed by atoms with van der Waals surface area (Å²) in [5.41, 5.74) is 1.75. The zero-order valence-electron chi connectivity index (χ0n) is 12.7. The minimum Gasteiger partial charge on any atom is -0.320 e. The fourth-order valence-corrected chi connectivity index (χ4v) is 1.86. The molecule has 3 heteroatoms. The van der Waals surface area contributed by atoms with Crippen molar-refractivity contribution in [3.63, 3.8) is 0 Å². The zero-order chi connectivity index (χ0) is 15.3. The third-order valence-electron chi connectivity index (χ3n) is 2.41. The summed E-state index contributed by atoms with van der Waals surface area (Å²) >= 11 is 5.77. The highest BCUT2D eigenvalue weighted by Gasteiger charge is 2.05. The molecule has 1 aromatic carbocycles. The number of hydrogen-bond acceptors (Lipinski definition) is 1. The van der Waals surface area contributed by atoms with Crippen molar-refractivity contribution >= 4 is 11.6 Å². The van der Waals surface area contributed by atoms with Gasteiger partial charge in [0.1, 0.15) is 5.82 Å². The molecule has 0 atom stereocenters. The number of rotatable bonds is 5. The van der Waals surface area contributed by atoms with Gasteiger partial charge >= 0.3 is 0 Å². The van der Waals surface area contributed by atoms with E-state index in [2.05, 4.69) is 18.5 Å². The van der Waals surface area contributed by atoms with Crippen molar-refractivity contribution in [1.29, 1.82) is 0 Å². The molecular weight excluding hydrogens is 261 g/mol. The molecule has 0 bridgehead atoms. The molecule has 0 radical (unpaired) electrons. The Morgan fingerprint density at radius 3 is 2.26 bits per heavy atom. The van der Waals surface area contributed by atoms with Gasteiger partial charge in [-0.1, -0.05) is 31.5 Å². The van der Waals surface area contributed by atoms with Crippen molar-refractivity contribution in [2.75, 3.05) is 13.6 Å². The second-order valence-corrected chi connectivity index (χ2v) is 4.18. The van der Waals surface area contributed by atoms with Crippen molar-refractivity contribution in [3.8, 4) is 0 Å². The van der Waals surface area contributed by atoms with E-state index in [1.807, 2.05) is 27.0 Å². The van der Waals surface area contributed by atoms with Crippen molar-refractivity contribution in [3.05, 3.63) is 47.3 Å². The van der Waals surface area contributed by atoms with Crippen molar-refractivity contribution < 1.29 is 4.39 Å². The molecule has 19 heavy (non-hydrogen) atoms. The van der Waals surface area contributed by atoms with Crippen LogP contribution in [0.3, 0.4) is 0 Å². The number of halogens is 2. The number of benzene rings is 1. The van der Waals surface area contributed by atoms with Crippen LogP contribution in [-0.4, -0.2) is 13.6 Å². The third kappa shape index (κ3) is 8.79. The van der Waals surface area contributed by atoms with Gasteiger partial charge in [-0.3, -0.25) is 0 Å². The van der Waals surface area contributed by atoms with Crippen LogP contribution >= 0.6 is 11.6 Å². The summed E-state index contributed by atoms with van der Waals surface area (Å²) in [6.07, 6.45) is 3.19. The third-order valence-corrected chi connectivity index (χ3v) is 2.69. The van der Waals surface area contributed by atoms with Crippen LogP contribution in [0.15, 0.2) is 25.3 Å². The van der Waals surface area contributed by atoms with Crippen LogP contribution < -0.4 is 5.32 Å². The Morgan fingerprint density at radius 1 is 1.21 bits per heavy atom. The molecule has 0 aliphatic heterocycles. The van der Waals surface area contributed by atoms with Gasteiger partial charge in [0, 0.05) is 0 Å². The van der Waals surface area contributed by atoms with Gasteiger partial charge in [0.25, 0.3) is 0 Å². The highest BCUT2D eigenvalue weighted by Crippen LogP contribution is 2.21. The SMILES string of the molecule is C=C.CC.CNCCCCc1cc(C)c(F)c(Cl)c1. The number of nitrogens with one attached hydrogen (secondary N) is 1. The van der Waals surface area contributed by atoms with E-state index >= 15 is 0 Å². The van der Waals surface area contributed by atoms with Crippen LogP contribution in [0.25, 0.3) is 0 Å². The molecule has 1 rings (SSSR count). The van der Waals surface area contributed by atoms with Gasteiger partial charge in [-0.05, 0) is 57.0 Å². The zero-order valence-corrected chi connectivity index (χ0v) is 13.4. The molecule has 0 saturated carbocycles. The largest absolute Gasteiger partial charge is 0.320 e. The van der Waals surface area contributed by atoms with E-state index in [0.29, 0.717) is 5.56 Å². The van der Waals surface area contributed by atoms with E-state index < -0.39 is 0 Å². The van der Waals surface area contributed by atoms with Crippen molar-refractivity contribution in [2.24, 2.45) is 0 Å². The van der Waals surface area contributed by atoms with Crippen molar-refractivity contribution in [2.45, 2.75) is 40.0 Å². The van der Waals surface area contributed by atoms with Crippen LogP contribution in [0.4, 0.5) is 4.39 Å². The van der Waals surface area contributed by atoms with Gasteiger partial charge in [0.2, 0.25) is 0 Å². The van der Waals surface area contributed by atoms with Crippen molar-refractivity contribution in [1.82, 2.24) is 5.32 Å². The number of aryl methyl sites for hydroxylation is 2. The molecule has 0 amide bonds. The molecule has 1 nitrogen and oxygen atoms in total. The molecule has 0 heterocycles. The lowest BCUT2D eigenvalue weighted by Gasteiger charge is -2.05. The molecule has 0 aliphatic rings. The second-order valence-electron chi connectivity index (χ2n) is 3.77. The molecule has 1 N–H and O–H groups in total. The summed E-state index contributed by atoms with van der Waals surface area (Å²) in [6.45, 7) is 12.8. The lowest BCUT2D eigenvalue weighted by molar-refractivity contribution is 0.616. The van der Waals surface area contributed by atoms with E-state index in [9.17, 15) is 4.39 Å². The molecule has 0 aromatic heterocycles. The quantitative estimate of drug-likeness (QED) is 0.583. The Bertz CT molecular complexity index is 317. The topological polar surface area (TPSA) is 12.0 Å². The van der Waals surface area contributed by atoms with Crippen LogP contribution in [0.5, 0.6) is 0 Å². The average Bonchev–Trinajstić information content (AvgIpc) is 2.45. The Labute approximate surface area is 122 Å².